The highest BCUT2D eigenvalue weighted by molar-refractivity contribution is 6.08. The number of aliphatic imine (C=N–C) groups is 1. The van der Waals surface area contributed by atoms with Crippen molar-refractivity contribution in [2.45, 2.75) is 12.0 Å². The number of carbonyl (C=O) groups excluding carboxylic acids is 2. The molecule has 0 fully saturated rings. The molecule has 0 bridgehead atoms. The Kier molecular flexibility index (Phi) is 4.13. The fourth-order valence-corrected chi connectivity index (χ4v) is 3.52. The summed E-state index contributed by atoms with van der Waals surface area (Å²) in [5.41, 5.74) is 4.67. The van der Waals surface area contributed by atoms with Crippen LogP contribution < -0.4 is 0 Å². The molecule has 0 saturated carbocycles. The summed E-state index contributed by atoms with van der Waals surface area (Å²) in [7, 11) is 1.55. The molecular weight excluding hydrogens is 328 g/mol. The molecule has 26 heavy (non-hydrogen) atoms. The number of fused-ring (bicyclic) bond motifs is 3. The molecule has 5 heteroatoms. The van der Waals surface area contributed by atoms with Gasteiger partial charge in [0.1, 0.15) is 12.6 Å². The van der Waals surface area contributed by atoms with E-state index < -0.39 is 12.1 Å². The van der Waals surface area contributed by atoms with Crippen LogP contribution in [0, 0.1) is 0 Å². The maximum absolute atomic E-state index is 12.4. The van der Waals surface area contributed by atoms with Crippen LogP contribution in [0.2, 0.25) is 0 Å². The molecule has 2 aromatic rings. The van der Waals surface area contributed by atoms with Crippen molar-refractivity contribution in [1.82, 2.24) is 4.90 Å². The second kappa shape index (κ2) is 6.59. The van der Waals surface area contributed by atoms with Crippen LogP contribution in [0.1, 0.15) is 17.0 Å². The van der Waals surface area contributed by atoms with E-state index in [9.17, 15) is 9.59 Å². The summed E-state index contributed by atoms with van der Waals surface area (Å²) in [5.74, 6) is -0.189. The third kappa shape index (κ3) is 2.71. The van der Waals surface area contributed by atoms with E-state index in [0.29, 0.717) is 0 Å². The van der Waals surface area contributed by atoms with Gasteiger partial charge in [0, 0.05) is 31.5 Å². The molecule has 1 heterocycles. The molecule has 2 aliphatic rings. The lowest BCUT2D eigenvalue weighted by atomic mass is 9.98. The minimum atomic E-state index is -0.712. The molecule has 4 rings (SSSR count). The van der Waals surface area contributed by atoms with E-state index in [0.717, 1.165) is 11.1 Å². The van der Waals surface area contributed by atoms with Crippen LogP contribution in [0.3, 0.4) is 0 Å². The topological polar surface area (TPSA) is 59.0 Å². The van der Waals surface area contributed by atoms with E-state index in [4.69, 9.17) is 4.74 Å². The Labute approximate surface area is 151 Å². The summed E-state index contributed by atoms with van der Waals surface area (Å²) >= 11 is 0. The fourth-order valence-electron chi connectivity index (χ4n) is 3.52. The Balaban J connectivity index is 1.51. The highest BCUT2D eigenvalue weighted by Crippen LogP contribution is 2.44. The van der Waals surface area contributed by atoms with Crippen molar-refractivity contribution in [2.24, 2.45) is 4.99 Å². The van der Waals surface area contributed by atoms with Gasteiger partial charge in [0.2, 0.25) is 0 Å². The Morgan fingerprint density at radius 2 is 1.69 bits per heavy atom. The van der Waals surface area contributed by atoms with Gasteiger partial charge in [-0.3, -0.25) is 14.7 Å². The van der Waals surface area contributed by atoms with Gasteiger partial charge < -0.3 is 4.74 Å². The SMILES string of the molecule is CN(C(=O)OCC1c2ccccc2-c2ccccc21)[C@@H]1C=NC=CC1=O. The molecule has 2 aromatic carbocycles. The largest absolute Gasteiger partial charge is 0.448 e. The smallest absolute Gasteiger partial charge is 0.410 e. The van der Waals surface area contributed by atoms with E-state index in [1.807, 2.05) is 24.3 Å². The Hall–Kier alpha value is -3.21. The van der Waals surface area contributed by atoms with Crippen LogP contribution >= 0.6 is 0 Å². The Bertz CT molecular complexity index is 887. The maximum Gasteiger partial charge on any atom is 0.410 e. The monoisotopic (exact) mass is 346 g/mol. The zero-order chi connectivity index (χ0) is 18.1. The highest BCUT2D eigenvalue weighted by atomic mass is 16.6. The Morgan fingerprint density at radius 3 is 2.31 bits per heavy atom. The zero-order valence-corrected chi connectivity index (χ0v) is 14.3. The Morgan fingerprint density at radius 1 is 1.08 bits per heavy atom. The van der Waals surface area contributed by atoms with E-state index >= 15 is 0 Å². The molecular formula is C21H18N2O3. The van der Waals surface area contributed by atoms with Gasteiger partial charge in [0.15, 0.2) is 5.78 Å². The summed E-state index contributed by atoms with van der Waals surface area (Å²) in [5, 5.41) is 0. The lowest BCUT2D eigenvalue weighted by Gasteiger charge is -2.24. The summed E-state index contributed by atoms with van der Waals surface area (Å²) in [6.07, 6.45) is 3.69. The van der Waals surface area contributed by atoms with Crippen LogP contribution in [-0.2, 0) is 9.53 Å². The van der Waals surface area contributed by atoms with Crippen molar-refractivity contribution in [3.05, 3.63) is 71.9 Å². The van der Waals surface area contributed by atoms with Gasteiger partial charge in [-0.05, 0) is 22.3 Å². The quantitative estimate of drug-likeness (QED) is 0.856. The van der Waals surface area contributed by atoms with Gasteiger partial charge in [0.05, 0.1) is 0 Å². The third-order valence-electron chi connectivity index (χ3n) is 4.88. The van der Waals surface area contributed by atoms with Gasteiger partial charge in [-0.15, -0.1) is 0 Å². The second-order valence-electron chi connectivity index (χ2n) is 6.38. The average molecular weight is 346 g/mol. The number of carbonyl (C=O) groups is 2. The molecule has 0 aromatic heterocycles. The zero-order valence-electron chi connectivity index (χ0n) is 14.3. The van der Waals surface area contributed by atoms with Crippen LogP contribution in [-0.4, -0.2) is 42.7 Å². The first-order chi connectivity index (χ1) is 12.7. The average Bonchev–Trinajstić information content (AvgIpc) is 3.00. The number of hydrogen-bond donors (Lipinski definition) is 0. The molecule has 0 N–H and O–H groups in total. The van der Waals surface area contributed by atoms with Gasteiger partial charge >= 0.3 is 6.09 Å². The number of benzene rings is 2. The molecule has 0 unspecified atom stereocenters. The lowest BCUT2D eigenvalue weighted by Crippen LogP contribution is -2.44. The predicted molar refractivity (Wildman–Crippen MR) is 99.3 cm³/mol. The second-order valence-corrected chi connectivity index (χ2v) is 6.38. The van der Waals surface area contributed by atoms with Crippen LogP contribution in [0.25, 0.3) is 11.1 Å². The molecule has 1 aliphatic carbocycles. The lowest BCUT2D eigenvalue weighted by molar-refractivity contribution is -0.116. The highest BCUT2D eigenvalue weighted by Gasteiger charge is 2.31. The van der Waals surface area contributed by atoms with Crippen LogP contribution in [0.4, 0.5) is 4.79 Å². The maximum atomic E-state index is 12.4. The van der Waals surface area contributed by atoms with Gasteiger partial charge in [-0.2, -0.15) is 0 Å². The molecule has 0 spiro atoms. The number of ketones is 1. The van der Waals surface area contributed by atoms with E-state index in [1.54, 1.807) is 7.05 Å². The molecule has 5 nitrogen and oxygen atoms in total. The number of likely N-dealkylation sites (N-methyl/N-ethyl adjacent to an activating group) is 1. The normalized spacial score (nSPS) is 17.7. The summed E-state index contributed by atoms with van der Waals surface area (Å²) in [4.78, 5) is 29.5. The van der Waals surface area contributed by atoms with Crippen LogP contribution in [0.15, 0.2) is 65.8 Å². The minimum absolute atomic E-state index is 0.00429. The molecule has 130 valence electrons. The number of ether oxygens (including phenoxy) is 1. The summed E-state index contributed by atoms with van der Waals surface area (Å²) in [6, 6.07) is 15.6. The van der Waals surface area contributed by atoms with Gasteiger partial charge in [-0.25, -0.2) is 4.79 Å². The molecule has 0 saturated heterocycles. The van der Waals surface area contributed by atoms with Crippen LogP contribution in [0.5, 0.6) is 0 Å². The third-order valence-corrected chi connectivity index (χ3v) is 4.88. The van der Waals surface area contributed by atoms with Crippen molar-refractivity contribution in [3.8, 4) is 11.1 Å². The van der Waals surface area contributed by atoms with E-state index in [2.05, 4.69) is 29.3 Å². The summed E-state index contributed by atoms with van der Waals surface area (Å²) < 4.78 is 5.55. The standard InChI is InChI=1S/C21H18N2O3/c1-23(19-12-22-11-10-20(19)24)21(25)26-13-18-16-8-4-2-6-14(16)15-7-3-5-9-17(15)18/h2-12,18-19H,13H2,1H3/t19-/m1/s1. The summed E-state index contributed by atoms with van der Waals surface area (Å²) in [6.45, 7) is 0.227. The first-order valence-electron chi connectivity index (χ1n) is 8.48. The number of rotatable bonds is 3. The fraction of sp³-hybridized carbons (Fsp3) is 0.190. The molecule has 0 radical (unpaired) electrons. The van der Waals surface area contributed by atoms with Gasteiger partial charge in [0.25, 0.3) is 0 Å². The van der Waals surface area contributed by atoms with Crippen molar-refractivity contribution in [2.75, 3.05) is 13.7 Å². The first-order valence-corrected chi connectivity index (χ1v) is 8.48. The van der Waals surface area contributed by atoms with Crippen molar-refractivity contribution in [1.29, 1.82) is 0 Å². The molecule has 1 amide bonds. The van der Waals surface area contributed by atoms with E-state index in [-0.39, 0.29) is 18.3 Å². The predicted octanol–water partition coefficient (Wildman–Crippen LogP) is 3.40. The van der Waals surface area contributed by atoms with Crippen molar-refractivity contribution in [3.63, 3.8) is 0 Å². The first kappa shape index (κ1) is 16.3. The van der Waals surface area contributed by atoms with E-state index in [1.165, 1.54) is 34.5 Å². The molecule has 1 atom stereocenters. The van der Waals surface area contributed by atoms with Crippen molar-refractivity contribution >= 4 is 18.1 Å². The van der Waals surface area contributed by atoms with Crippen molar-refractivity contribution < 1.29 is 14.3 Å². The molecule has 1 aliphatic heterocycles. The minimum Gasteiger partial charge on any atom is -0.448 e. The number of nitrogens with zero attached hydrogens (tertiary/aromatic N) is 2. The van der Waals surface area contributed by atoms with Gasteiger partial charge in [-0.1, -0.05) is 48.5 Å². The number of hydrogen-bond acceptors (Lipinski definition) is 4. The number of amides is 1.